The van der Waals surface area contributed by atoms with E-state index in [-0.39, 0.29) is 17.0 Å². The second-order valence-corrected chi connectivity index (χ2v) is 9.99. The van der Waals surface area contributed by atoms with Crippen molar-refractivity contribution in [3.63, 3.8) is 0 Å². The lowest BCUT2D eigenvalue weighted by Crippen LogP contribution is -2.23. The lowest BCUT2D eigenvalue weighted by atomic mass is 9.94. The number of amides is 1. The summed E-state index contributed by atoms with van der Waals surface area (Å²) in [5, 5.41) is 13.9. The molecule has 4 aromatic rings. The van der Waals surface area contributed by atoms with Crippen LogP contribution < -0.4 is 10.1 Å². The van der Waals surface area contributed by atoms with Crippen molar-refractivity contribution in [3.8, 4) is 22.6 Å². The molecule has 4 rings (SSSR count). The highest BCUT2D eigenvalue weighted by Crippen LogP contribution is 2.38. The Morgan fingerprint density at radius 1 is 0.972 bits per heavy atom. The highest BCUT2D eigenvalue weighted by molar-refractivity contribution is 7.92. The van der Waals surface area contributed by atoms with E-state index < -0.39 is 31.2 Å². The molecule has 0 aliphatic carbocycles. The number of phenolic OH excluding ortho intramolecular Hbond substituents is 1. The van der Waals surface area contributed by atoms with Crippen LogP contribution in [-0.2, 0) is 9.84 Å². The molecule has 0 saturated carbocycles. The first-order chi connectivity index (χ1) is 16.9. The summed E-state index contributed by atoms with van der Waals surface area (Å²) < 4.78 is 67.0. The smallest absolute Gasteiger partial charge is 0.501 e. The van der Waals surface area contributed by atoms with E-state index in [0.717, 1.165) is 11.6 Å². The number of benzene rings is 4. The number of phenols is 1. The number of nitrogens with one attached hydrogen (secondary N) is 1. The van der Waals surface area contributed by atoms with Gasteiger partial charge in [0.25, 0.3) is 15.7 Å². The molecule has 0 unspecified atom stereocenters. The van der Waals surface area contributed by atoms with Gasteiger partial charge < -0.3 is 15.2 Å². The van der Waals surface area contributed by atoms with Crippen LogP contribution in [0.2, 0.25) is 5.02 Å². The fraction of sp³-hybridized carbons (Fsp3) is 0.0800. The molecule has 0 aliphatic heterocycles. The monoisotopic (exact) mass is 535 g/mol. The number of halogens is 4. The lowest BCUT2D eigenvalue weighted by Gasteiger charge is -2.15. The van der Waals surface area contributed by atoms with Gasteiger partial charge in [0.2, 0.25) is 0 Å². The predicted octanol–water partition coefficient (Wildman–Crippen LogP) is 6.42. The third-order valence-electron chi connectivity index (χ3n) is 5.47. The van der Waals surface area contributed by atoms with Crippen LogP contribution in [0.1, 0.15) is 10.4 Å². The fourth-order valence-electron chi connectivity index (χ4n) is 3.63. The average molecular weight is 536 g/mol. The van der Waals surface area contributed by atoms with Crippen molar-refractivity contribution in [2.75, 3.05) is 12.4 Å². The van der Waals surface area contributed by atoms with Crippen molar-refractivity contribution in [1.82, 2.24) is 0 Å². The minimum absolute atomic E-state index is 0.123. The number of hydrogen-bond donors (Lipinski definition) is 2. The highest BCUT2D eigenvalue weighted by Gasteiger charge is 2.47. The van der Waals surface area contributed by atoms with Crippen molar-refractivity contribution >= 4 is 43.8 Å². The van der Waals surface area contributed by atoms with Gasteiger partial charge >= 0.3 is 5.51 Å². The summed E-state index contributed by atoms with van der Waals surface area (Å²) in [4.78, 5) is 12.0. The molecule has 0 radical (unpaired) electrons. The lowest BCUT2D eigenvalue weighted by molar-refractivity contribution is -0.0436. The molecular formula is C25H17ClF3NO5S. The number of ether oxygens (including phenoxy) is 1. The van der Waals surface area contributed by atoms with Crippen molar-refractivity contribution in [1.29, 1.82) is 0 Å². The van der Waals surface area contributed by atoms with Crippen LogP contribution in [0.5, 0.6) is 11.5 Å². The van der Waals surface area contributed by atoms with Crippen molar-refractivity contribution < 1.29 is 36.2 Å². The topological polar surface area (TPSA) is 92.7 Å². The maximum absolute atomic E-state index is 13.1. The number of sulfone groups is 1. The number of aromatic hydroxyl groups is 1. The van der Waals surface area contributed by atoms with Crippen LogP contribution >= 0.6 is 11.6 Å². The zero-order valence-electron chi connectivity index (χ0n) is 18.4. The molecule has 0 fully saturated rings. The number of carbonyl (C=O) groups excluding carboxylic acids is 1. The molecule has 0 spiro atoms. The number of anilines is 1. The largest absolute Gasteiger partial charge is 0.506 e. The number of fused-ring (bicyclic) bond motifs is 1. The van der Waals surface area contributed by atoms with E-state index in [9.17, 15) is 31.5 Å². The SMILES string of the molecule is COc1ccc(-c2cc(C(=O)Nc3ccc(S(=O)(=O)C(F)(F)F)cc3Cl)c(O)c3ccccc23)cc1. The van der Waals surface area contributed by atoms with Gasteiger partial charge in [-0.3, -0.25) is 4.79 Å². The Morgan fingerprint density at radius 2 is 1.61 bits per heavy atom. The Hall–Kier alpha value is -3.76. The molecule has 0 aromatic heterocycles. The Morgan fingerprint density at radius 3 is 2.19 bits per heavy atom. The van der Waals surface area contributed by atoms with Gasteiger partial charge in [0, 0.05) is 5.39 Å². The minimum atomic E-state index is -5.61. The number of alkyl halides is 3. The Balaban J connectivity index is 1.75. The zero-order valence-corrected chi connectivity index (χ0v) is 20.0. The molecule has 36 heavy (non-hydrogen) atoms. The third kappa shape index (κ3) is 4.57. The van der Waals surface area contributed by atoms with Crippen LogP contribution in [0.25, 0.3) is 21.9 Å². The van der Waals surface area contributed by atoms with Gasteiger partial charge in [-0.25, -0.2) is 8.42 Å². The number of rotatable bonds is 5. The standard InChI is InChI=1S/C25H17ClF3NO5S/c1-35-15-8-6-14(7-9-15)19-13-20(23(31)18-5-3-2-4-17(18)19)24(32)30-22-11-10-16(12-21(22)26)36(33,34)25(27,28)29/h2-13,31H,1H3,(H,30,32). The second kappa shape index (κ2) is 9.36. The molecular weight excluding hydrogens is 519 g/mol. The Kier molecular flexibility index (Phi) is 6.59. The Bertz CT molecular complexity index is 1590. The Labute approximate surface area is 208 Å². The maximum Gasteiger partial charge on any atom is 0.501 e. The van der Waals surface area contributed by atoms with Gasteiger partial charge in [0.15, 0.2) is 0 Å². The van der Waals surface area contributed by atoms with E-state index in [1.165, 1.54) is 13.2 Å². The summed E-state index contributed by atoms with van der Waals surface area (Å²) in [5.41, 5.74) is -4.39. The second-order valence-electron chi connectivity index (χ2n) is 7.64. The molecule has 6 nitrogen and oxygen atoms in total. The van der Waals surface area contributed by atoms with Gasteiger partial charge in [-0.1, -0.05) is 48.0 Å². The molecule has 0 aliphatic rings. The first kappa shape index (κ1) is 25.3. The normalized spacial score (nSPS) is 11.9. The molecule has 1 amide bonds. The quantitative estimate of drug-likeness (QED) is 0.307. The van der Waals surface area contributed by atoms with Crippen LogP contribution in [0.4, 0.5) is 18.9 Å². The van der Waals surface area contributed by atoms with Crippen LogP contribution in [0.15, 0.2) is 77.7 Å². The summed E-state index contributed by atoms with van der Waals surface area (Å²) in [6, 6.07) is 17.7. The van der Waals surface area contributed by atoms with Crippen LogP contribution in [-0.4, -0.2) is 32.0 Å². The molecule has 4 aromatic carbocycles. The van der Waals surface area contributed by atoms with E-state index in [1.54, 1.807) is 48.5 Å². The van der Waals surface area contributed by atoms with Crippen molar-refractivity contribution in [2.24, 2.45) is 0 Å². The van der Waals surface area contributed by atoms with Gasteiger partial charge in [-0.2, -0.15) is 13.2 Å². The van der Waals surface area contributed by atoms with Crippen molar-refractivity contribution in [2.45, 2.75) is 10.4 Å². The minimum Gasteiger partial charge on any atom is -0.506 e. The molecule has 11 heteroatoms. The summed E-state index contributed by atoms with van der Waals surface area (Å²) in [7, 11) is -4.08. The molecule has 0 saturated heterocycles. The number of hydrogen-bond acceptors (Lipinski definition) is 5. The van der Waals surface area contributed by atoms with Gasteiger partial charge in [-0.05, 0) is 52.9 Å². The van der Waals surface area contributed by atoms with E-state index in [2.05, 4.69) is 5.32 Å². The van der Waals surface area contributed by atoms with Crippen molar-refractivity contribution in [3.05, 3.63) is 83.4 Å². The summed E-state index contributed by atoms with van der Waals surface area (Å²) in [6.45, 7) is 0. The average Bonchev–Trinajstić information content (AvgIpc) is 2.85. The third-order valence-corrected chi connectivity index (χ3v) is 7.26. The summed E-state index contributed by atoms with van der Waals surface area (Å²) >= 11 is 5.99. The molecule has 186 valence electrons. The zero-order chi connectivity index (χ0) is 26.3. The molecule has 0 heterocycles. The van der Waals surface area contributed by atoms with E-state index in [4.69, 9.17) is 16.3 Å². The molecule has 0 bridgehead atoms. The first-order valence-corrected chi connectivity index (χ1v) is 12.1. The van der Waals surface area contributed by atoms with Gasteiger partial charge in [0.1, 0.15) is 11.5 Å². The molecule has 2 N–H and O–H groups in total. The first-order valence-electron chi connectivity index (χ1n) is 10.3. The summed E-state index contributed by atoms with van der Waals surface area (Å²) in [6.07, 6.45) is 0. The fourth-order valence-corrected chi connectivity index (χ4v) is 4.71. The maximum atomic E-state index is 13.1. The van der Waals surface area contributed by atoms with Gasteiger partial charge in [-0.15, -0.1) is 0 Å². The summed E-state index contributed by atoms with van der Waals surface area (Å²) in [5.74, 6) is -0.487. The van der Waals surface area contributed by atoms with Gasteiger partial charge in [0.05, 0.1) is 28.3 Å². The number of methoxy groups -OCH3 is 1. The van der Waals surface area contributed by atoms with E-state index in [0.29, 0.717) is 34.2 Å². The highest BCUT2D eigenvalue weighted by atomic mass is 35.5. The number of carbonyl (C=O) groups is 1. The molecule has 0 atom stereocenters. The predicted molar refractivity (Wildman–Crippen MR) is 130 cm³/mol. The van der Waals surface area contributed by atoms with Crippen LogP contribution in [0.3, 0.4) is 0 Å². The van der Waals surface area contributed by atoms with E-state index in [1.807, 2.05) is 0 Å². The van der Waals surface area contributed by atoms with Crippen LogP contribution in [0, 0.1) is 0 Å². The van der Waals surface area contributed by atoms with E-state index >= 15 is 0 Å².